The summed E-state index contributed by atoms with van der Waals surface area (Å²) in [5.41, 5.74) is 4.10. The molecule has 1 saturated heterocycles. The minimum absolute atomic E-state index is 0.159. The fourth-order valence-corrected chi connectivity index (χ4v) is 3.47. The number of anilines is 1. The molecule has 3 rings (SSSR count). The molecule has 2 amide bonds. The van der Waals surface area contributed by atoms with E-state index < -0.39 is 6.04 Å². The van der Waals surface area contributed by atoms with Gasteiger partial charge in [-0.3, -0.25) is 15.0 Å². The zero-order chi connectivity index (χ0) is 22.2. The van der Waals surface area contributed by atoms with Crippen LogP contribution in [0.4, 0.5) is 5.69 Å². The third-order valence-corrected chi connectivity index (χ3v) is 5.09. The maximum absolute atomic E-state index is 13.1. The summed E-state index contributed by atoms with van der Waals surface area (Å²) in [6, 6.07) is 13.9. The molecule has 0 aliphatic carbocycles. The van der Waals surface area contributed by atoms with Crippen molar-refractivity contribution in [2.24, 2.45) is 5.92 Å². The quantitative estimate of drug-likeness (QED) is 0.671. The Bertz CT molecular complexity index is 886. The Hall–Kier alpha value is -3.06. The van der Waals surface area contributed by atoms with Crippen molar-refractivity contribution >= 4 is 17.5 Å². The molecule has 2 aromatic carbocycles. The molecule has 1 heterocycles. The SMILES string of the molecule is COc1ccc(NC(=O)C2CCCCN2NC(=O)c2ccccc2)cc1OCC(C)C. The second-order valence-electron chi connectivity index (χ2n) is 8.07. The van der Waals surface area contributed by atoms with Crippen LogP contribution in [0.1, 0.15) is 43.5 Å². The van der Waals surface area contributed by atoms with Crippen molar-refractivity contribution < 1.29 is 19.1 Å². The normalized spacial score (nSPS) is 16.6. The van der Waals surface area contributed by atoms with Crippen molar-refractivity contribution in [1.82, 2.24) is 10.4 Å². The Kier molecular flexibility index (Phi) is 7.89. The van der Waals surface area contributed by atoms with E-state index in [1.807, 2.05) is 18.2 Å². The predicted molar refractivity (Wildman–Crippen MR) is 120 cm³/mol. The average molecular weight is 426 g/mol. The molecule has 166 valence electrons. The highest BCUT2D eigenvalue weighted by molar-refractivity contribution is 5.96. The minimum Gasteiger partial charge on any atom is -0.493 e. The number of carbonyl (C=O) groups excluding carboxylic acids is 2. The van der Waals surface area contributed by atoms with Gasteiger partial charge in [0, 0.05) is 23.9 Å². The van der Waals surface area contributed by atoms with Crippen molar-refractivity contribution in [1.29, 1.82) is 0 Å². The highest BCUT2D eigenvalue weighted by Crippen LogP contribution is 2.31. The van der Waals surface area contributed by atoms with Crippen molar-refractivity contribution in [3.63, 3.8) is 0 Å². The highest BCUT2D eigenvalue weighted by Gasteiger charge is 2.30. The first-order chi connectivity index (χ1) is 15.0. The molecule has 7 nitrogen and oxygen atoms in total. The van der Waals surface area contributed by atoms with E-state index in [9.17, 15) is 9.59 Å². The van der Waals surface area contributed by atoms with E-state index in [2.05, 4.69) is 24.6 Å². The number of nitrogens with zero attached hydrogens (tertiary/aromatic N) is 1. The Morgan fingerprint density at radius 1 is 1.10 bits per heavy atom. The topological polar surface area (TPSA) is 79.9 Å². The number of hydrazine groups is 1. The van der Waals surface area contributed by atoms with Crippen LogP contribution < -0.4 is 20.2 Å². The average Bonchev–Trinajstić information content (AvgIpc) is 2.78. The van der Waals surface area contributed by atoms with Crippen LogP contribution in [0.25, 0.3) is 0 Å². The Morgan fingerprint density at radius 3 is 2.58 bits per heavy atom. The smallest absolute Gasteiger partial charge is 0.265 e. The third kappa shape index (κ3) is 6.21. The maximum Gasteiger partial charge on any atom is 0.265 e. The number of hydrogen-bond acceptors (Lipinski definition) is 5. The van der Waals surface area contributed by atoms with Gasteiger partial charge in [-0.15, -0.1) is 0 Å². The molecular weight excluding hydrogens is 394 g/mol. The first-order valence-electron chi connectivity index (χ1n) is 10.7. The first-order valence-corrected chi connectivity index (χ1v) is 10.7. The van der Waals surface area contributed by atoms with Crippen LogP contribution in [-0.2, 0) is 4.79 Å². The maximum atomic E-state index is 13.1. The fourth-order valence-electron chi connectivity index (χ4n) is 3.47. The number of nitrogens with one attached hydrogen (secondary N) is 2. The Morgan fingerprint density at radius 2 is 1.87 bits per heavy atom. The molecule has 1 aliphatic rings. The lowest BCUT2D eigenvalue weighted by molar-refractivity contribution is -0.123. The molecule has 1 fully saturated rings. The van der Waals surface area contributed by atoms with Gasteiger partial charge in [0.05, 0.1) is 13.7 Å². The summed E-state index contributed by atoms with van der Waals surface area (Å²) in [7, 11) is 1.59. The van der Waals surface area contributed by atoms with Gasteiger partial charge in [-0.1, -0.05) is 32.0 Å². The number of amides is 2. The molecule has 2 aromatic rings. The van der Waals surface area contributed by atoms with Gasteiger partial charge in [0.2, 0.25) is 5.91 Å². The number of rotatable bonds is 8. The molecule has 31 heavy (non-hydrogen) atoms. The van der Waals surface area contributed by atoms with Crippen molar-refractivity contribution in [3.8, 4) is 11.5 Å². The van der Waals surface area contributed by atoms with Crippen LogP contribution in [0, 0.1) is 5.92 Å². The second kappa shape index (κ2) is 10.8. The van der Waals surface area contributed by atoms with Gasteiger partial charge in [0.25, 0.3) is 5.91 Å². The Labute approximate surface area is 183 Å². The molecule has 0 spiro atoms. The summed E-state index contributed by atoms with van der Waals surface area (Å²) in [6.07, 6.45) is 2.53. The molecule has 1 atom stereocenters. The molecule has 0 aromatic heterocycles. The molecule has 0 radical (unpaired) electrons. The molecule has 1 aliphatic heterocycles. The summed E-state index contributed by atoms with van der Waals surface area (Å²) in [5, 5.41) is 4.71. The van der Waals surface area contributed by atoms with Crippen LogP contribution in [0.2, 0.25) is 0 Å². The molecule has 0 bridgehead atoms. The van der Waals surface area contributed by atoms with E-state index in [4.69, 9.17) is 9.47 Å². The second-order valence-corrected chi connectivity index (χ2v) is 8.07. The lowest BCUT2D eigenvalue weighted by atomic mass is 10.0. The highest BCUT2D eigenvalue weighted by atomic mass is 16.5. The number of piperidine rings is 1. The summed E-state index contributed by atoms with van der Waals surface area (Å²) in [4.78, 5) is 25.6. The van der Waals surface area contributed by atoms with Crippen molar-refractivity contribution in [2.75, 3.05) is 25.6 Å². The summed E-state index contributed by atoms with van der Waals surface area (Å²) >= 11 is 0. The fraction of sp³-hybridized carbons (Fsp3) is 0.417. The van der Waals surface area contributed by atoms with Gasteiger partial charge in [-0.25, -0.2) is 5.01 Å². The van der Waals surface area contributed by atoms with Crippen LogP contribution in [-0.4, -0.2) is 43.1 Å². The van der Waals surface area contributed by atoms with Crippen LogP contribution >= 0.6 is 0 Å². The number of hydrogen-bond donors (Lipinski definition) is 2. The molecule has 2 N–H and O–H groups in total. The largest absolute Gasteiger partial charge is 0.493 e. The predicted octanol–water partition coefficient (Wildman–Crippen LogP) is 3.87. The van der Waals surface area contributed by atoms with E-state index in [0.29, 0.717) is 48.2 Å². The van der Waals surface area contributed by atoms with E-state index in [1.54, 1.807) is 42.5 Å². The number of carbonyl (C=O) groups is 2. The summed E-state index contributed by atoms with van der Waals surface area (Å²) in [5.74, 6) is 1.20. The molecular formula is C24H31N3O4. The van der Waals surface area contributed by atoms with Crippen molar-refractivity contribution in [2.45, 2.75) is 39.2 Å². The third-order valence-electron chi connectivity index (χ3n) is 5.09. The Balaban J connectivity index is 1.68. The lowest BCUT2D eigenvalue weighted by Crippen LogP contribution is -2.55. The van der Waals surface area contributed by atoms with Crippen LogP contribution in [0.5, 0.6) is 11.5 Å². The number of ether oxygens (including phenoxy) is 2. The zero-order valence-electron chi connectivity index (χ0n) is 18.4. The van der Waals surface area contributed by atoms with E-state index in [-0.39, 0.29) is 11.8 Å². The lowest BCUT2D eigenvalue weighted by Gasteiger charge is -2.34. The monoisotopic (exact) mass is 425 g/mol. The molecule has 0 saturated carbocycles. The van der Waals surface area contributed by atoms with E-state index in [1.165, 1.54) is 0 Å². The van der Waals surface area contributed by atoms with Gasteiger partial charge in [0.1, 0.15) is 6.04 Å². The van der Waals surface area contributed by atoms with Gasteiger partial charge < -0.3 is 14.8 Å². The zero-order valence-corrected chi connectivity index (χ0v) is 18.4. The van der Waals surface area contributed by atoms with Gasteiger partial charge in [0.15, 0.2) is 11.5 Å². The van der Waals surface area contributed by atoms with Crippen molar-refractivity contribution in [3.05, 3.63) is 54.1 Å². The number of benzene rings is 2. The summed E-state index contributed by atoms with van der Waals surface area (Å²) < 4.78 is 11.2. The van der Waals surface area contributed by atoms with Crippen LogP contribution in [0.15, 0.2) is 48.5 Å². The standard InChI is InChI=1S/C24H31N3O4/c1-17(2)16-31-22-15-19(12-13-21(22)30-3)25-24(29)20-11-7-8-14-27(20)26-23(28)18-9-5-4-6-10-18/h4-6,9-10,12-13,15,17,20H,7-8,11,14,16H2,1-3H3,(H,25,29)(H,26,28). The molecule has 7 heteroatoms. The minimum atomic E-state index is -0.441. The van der Waals surface area contributed by atoms with Gasteiger partial charge in [-0.2, -0.15) is 0 Å². The number of methoxy groups -OCH3 is 1. The van der Waals surface area contributed by atoms with Gasteiger partial charge in [-0.05, 0) is 49.4 Å². The van der Waals surface area contributed by atoms with Crippen LogP contribution in [0.3, 0.4) is 0 Å². The van der Waals surface area contributed by atoms with E-state index >= 15 is 0 Å². The van der Waals surface area contributed by atoms with Gasteiger partial charge >= 0.3 is 0 Å². The summed E-state index contributed by atoms with van der Waals surface area (Å²) in [6.45, 7) is 5.32. The van der Waals surface area contributed by atoms with E-state index in [0.717, 1.165) is 12.8 Å². The molecule has 1 unspecified atom stereocenters. The first kappa shape index (κ1) is 22.6.